The molecule has 0 aromatic heterocycles. The van der Waals surface area contributed by atoms with Crippen LogP contribution in [-0.4, -0.2) is 6.36 Å². The van der Waals surface area contributed by atoms with Gasteiger partial charge in [0.05, 0.1) is 10.2 Å². The van der Waals surface area contributed by atoms with Crippen molar-refractivity contribution in [3.8, 4) is 5.75 Å². The Hall–Kier alpha value is -0.950. The van der Waals surface area contributed by atoms with Crippen LogP contribution in [0.2, 0.25) is 0 Å². The zero-order valence-electron chi connectivity index (χ0n) is 6.73. The van der Waals surface area contributed by atoms with Crippen LogP contribution in [0.5, 0.6) is 5.75 Å². The van der Waals surface area contributed by atoms with Crippen LogP contribution in [0.3, 0.4) is 0 Å². The van der Waals surface area contributed by atoms with Gasteiger partial charge in [-0.3, -0.25) is 5.84 Å². The number of anilines is 1. The van der Waals surface area contributed by atoms with E-state index < -0.39 is 6.36 Å². The summed E-state index contributed by atoms with van der Waals surface area (Å²) in [7, 11) is 0. The number of halogens is 4. The summed E-state index contributed by atoms with van der Waals surface area (Å²) in [5, 5.41) is 0. The minimum Gasteiger partial charge on any atom is -0.402 e. The molecule has 1 aromatic carbocycles. The molecule has 3 N–H and O–H groups in total. The SMILES string of the molecule is NNc1cccc(Br)c1OC(F)(F)F. The Morgan fingerprint density at radius 1 is 1.36 bits per heavy atom. The van der Waals surface area contributed by atoms with Gasteiger partial charge in [-0.05, 0) is 28.1 Å². The number of ether oxygens (including phenoxy) is 1. The van der Waals surface area contributed by atoms with Crippen LogP contribution >= 0.6 is 15.9 Å². The Morgan fingerprint density at radius 3 is 2.50 bits per heavy atom. The van der Waals surface area contributed by atoms with E-state index >= 15 is 0 Å². The van der Waals surface area contributed by atoms with Crippen LogP contribution in [0.1, 0.15) is 0 Å². The molecule has 0 fully saturated rings. The number of alkyl halides is 3. The number of hydrogen-bond donors (Lipinski definition) is 2. The van der Waals surface area contributed by atoms with E-state index in [1.165, 1.54) is 18.2 Å². The van der Waals surface area contributed by atoms with Gasteiger partial charge >= 0.3 is 6.36 Å². The van der Waals surface area contributed by atoms with Gasteiger partial charge < -0.3 is 10.2 Å². The summed E-state index contributed by atoms with van der Waals surface area (Å²) in [6.45, 7) is 0. The van der Waals surface area contributed by atoms with E-state index in [2.05, 4.69) is 26.1 Å². The summed E-state index contributed by atoms with van der Waals surface area (Å²) in [6, 6.07) is 4.32. The van der Waals surface area contributed by atoms with Crippen molar-refractivity contribution >= 4 is 21.6 Å². The van der Waals surface area contributed by atoms with E-state index in [0.717, 1.165) is 0 Å². The zero-order valence-corrected chi connectivity index (χ0v) is 8.32. The summed E-state index contributed by atoms with van der Waals surface area (Å²) in [4.78, 5) is 0. The molecular formula is C7H6BrF3N2O. The number of nitrogens with one attached hydrogen (secondary N) is 1. The van der Waals surface area contributed by atoms with Crippen LogP contribution in [-0.2, 0) is 0 Å². The van der Waals surface area contributed by atoms with E-state index in [1.54, 1.807) is 0 Å². The average Bonchev–Trinajstić information content (AvgIpc) is 2.06. The number of para-hydroxylation sites is 1. The molecule has 1 rings (SSSR count). The first-order chi connectivity index (χ1) is 6.44. The lowest BCUT2D eigenvalue weighted by Crippen LogP contribution is -2.19. The average molecular weight is 271 g/mol. The lowest BCUT2D eigenvalue weighted by molar-refractivity contribution is -0.274. The van der Waals surface area contributed by atoms with Crippen LogP contribution in [0.4, 0.5) is 18.9 Å². The molecule has 0 heterocycles. The van der Waals surface area contributed by atoms with Crippen LogP contribution in [0, 0.1) is 0 Å². The van der Waals surface area contributed by atoms with Crippen LogP contribution in [0.15, 0.2) is 22.7 Å². The molecule has 0 bridgehead atoms. The molecule has 0 unspecified atom stereocenters. The molecule has 0 spiro atoms. The zero-order chi connectivity index (χ0) is 10.8. The fraction of sp³-hybridized carbons (Fsp3) is 0.143. The molecule has 1 aromatic rings. The minimum atomic E-state index is -4.74. The van der Waals surface area contributed by atoms with E-state index in [9.17, 15) is 13.2 Å². The fourth-order valence-corrected chi connectivity index (χ4v) is 1.29. The first-order valence-electron chi connectivity index (χ1n) is 3.45. The van der Waals surface area contributed by atoms with Crippen LogP contribution < -0.4 is 16.0 Å². The summed E-state index contributed by atoms with van der Waals surface area (Å²) < 4.78 is 39.7. The van der Waals surface area contributed by atoms with Crippen molar-refractivity contribution in [3.63, 3.8) is 0 Å². The molecule has 0 aliphatic rings. The number of nitrogens with two attached hydrogens (primary N) is 1. The smallest absolute Gasteiger partial charge is 0.402 e. The van der Waals surface area contributed by atoms with Crippen molar-refractivity contribution in [2.24, 2.45) is 5.84 Å². The van der Waals surface area contributed by atoms with Gasteiger partial charge in [-0.15, -0.1) is 13.2 Å². The molecule has 7 heteroatoms. The van der Waals surface area contributed by atoms with Gasteiger partial charge in [-0.2, -0.15) is 0 Å². The standard InChI is InChI=1S/C7H6BrF3N2O/c8-4-2-1-3-5(13-12)6(4)14-7(9,10)11/h1-3,13H,12H2. The second-order valence-electron chi connectivity index (χ2n) is 2.31. The van der Waals surface area contributed by atoms with Crippen LogP contribution in [0.25, 0.3) is 0 Å². The van der Waals surface area contributed by atoms with E-state index in [-0.39, 0.29) is 15.9 Å². The summed E-state index contributed by atoms with van der Waals surface area (Å²) in [6.07, 6.45) is -4.74. The Bertz CT molecular complexity index is 329. The lowest BCUT2D eigenvalue weighted by atomic mass is 10.3. The molecule has 78 valence electrons. The first-order valence-corrected chi connectivity index (χ1v) is 4.24. The molecular weight excluding hydrogens is 265 g/mol. The maximum Gasteiger partial charge on any atom is 0.573 e. The predicted molar refractivity (Wildman–Crippen MR) is 48.6 cm³/mol. The topological polar surface area (TPSA) is 47.3 Å². The highest BCUT2D eigenvalue weighted by atomic mass is 79.9. The lowest BCUT2D eigenvalue weighted by Gasteiger charge is -2.13. The highest BCUT2D eigenvalue weighted by Gasteiger charge is 2.33. The van der Waals surface area contributed by atoms with E-state index in [4.69, 9.17) is 5.84 Å². The molecule has 14 heavy (non-hydrogen) atoms. The van der Waals surface area contributed by atoms with Crippen molar-refractivity contribution in [3.05, 3.63) is 22.7 Å². The summed E-state index contributed by atoms with van der Waals surface area (Å²) in [5.74, 6) is 4.63. The Labute approximate surface area is 86.1 Å². The molecule has 0 aliphatic carbocycles. The van der Waals surface area contributed by atoms with Crippen molar-refractivity contribution in [2.75, 3.05) is 5.43 Å². The molecule has 3 nitrogen and oxygen atoms in total. The highest BCUT2D eigenvalue weighted by Crippen LogP contribution is 2.36. The number of nitrogen functional groups attached to an aromatic ring is 1. The Kier molecular flexibility index (Phi) is 3.22. The fourth-order valence-electron chi connectivity index (χ4n) is 0.842. The highest BCUT2D eigenvalue weighted by molar-refractivity contribution is 9.10. The quantitative estimate of drug-likeness (QED) is 0.642. The van der Waals surface area contributed by atoms with Gasteiger partial charge in [0.1, 0.15) is 0 Å². The molecule has 0 aliphatic heterocycles. The third-order valence-corrected chi connectivity index (χ3v) is 1.96. The predicted octanol–water partition coefficient (Wildman–Crippen LogP) is 2.63. The maximum absolute atomic E-state index is 11.9. The number of hydrazine groups is 1. The molecule has 0 saturated heterocycles. The monoisotopic (exact) mass is 270 g/mol. The molecule has 0 saturated carbocycles. The number of benzene rings is 1. The third kappa shape index (κ3) is 2.78. The van der Waals surface area contributed by atoms with Gasteiger partial charge in [0.2, 0.25) is 0 Å². The second-order valence-corrected chi connectivity index (χ2v) is 3.16. The minimum absolute atomic E-state index is 0.0525. The molecule has 0 amide bonds. The largest absolute Gasteiger partial charge is 0.573 e. The van der Waals surface area contributed by atoms with Gasteiger partial charge in [0.25, 0.3) is 0 Å². The molecule has 0 radical (unpaired) electrons. The van der Waals surface area contributed by atoms with Crippen molar-refractivity contribution in [2.45, 2.75) is 6.36 Å². The van der Waals surface area contributed by atoms with Gasteiger partial charge in [0, 0.05) is 0 Å². The molecule has 0 atom stereocenters. The van der Waals surface area contributed by atoms with Gasteiger partial charge in [-0.1, -0.05) is 6.07 Å². The normalized spacial score (nSPS) is 11.2. The van der Waals surface area contributed by atoms with Gasteiger partial charge in [-0.25, -0.2) is 0 Å². The third-order valence-electron chi connectivity index (χ3n) is 1.34. The number of hydrogen-bond acceptors (Lipinski definition) is 3. The van der Waals surface area contributed by atoms with Crippen molar-refractivity contribution in [1.29, 1.82) is 0 Å². The Morgan fingerprint density at radius 2 is 2.00 bits per heavy atom. The van der Waals surface area contributed by atoms with Gasteiger partial charge in [0.15, 0.2) is 5.75 Å². The van der Waals surface area contributed by atoms with Crippen molar-refractivity contribution < 1.29 is 17.9 Å². The second kappa shape index (κ2) is 4.05. The maximum atomic E-state index is 11.9. The Balaban J connectivity index is 3.05. The van der Waals surface area contributed by atoms with Crippen molar-refractivity contribution in [1.82, 2.24) is 0 Å². The number of rotatable bonds is 2. The van der Waals surface area contributed by atoms with E-state index in [1.807, 2.05) is 0 Å². The summed E-state index contributed by atoms with van der Waals surface area (Å²) in [5.41, 5.74) is 2.16. The first kappa shape index (κ1) is 11.1. The summed E-state index contributed by atoms with van der Waals surface area (Å²) >= 11 is 2.92. The van der Waals surface area contributed by atoms with E-state index in [0.29, 0.717) is 0 Å².